The van der Waals surface area contributed by atoms with Gasteiger partial charge < -0.3 is 21.1 Å². The molecule has 0 radical (unpaired) electrons. The van der Waals surface area contributed by atoms with Crippen molar-refractivity contribution in [3.05, 3.63) is 29.3 Å². The van der Waals surface area contributed by atoms with E-state index in [1.165, 1.54) is 0 Å². The average Bonchev–Trinajstić information content (AvgIpc) is 2.87. The van der Waals surface area contributed by atoms with Crippen LogP contribution in [0.4, 0.5) is 5.69 Å². The fourth-order valence-corrected chi connectivity index (χ4v) is 2.43. The molecule has 0 aliphatic carbocycles. The number of hydrogen-bond acceptors (Lipinski definition) is 4. The molecule has 1 aromatic rings. The summed E-state index contributed by atoms with van der Waals surface area (Å²) < 4.78 is 0. The van der Waals surface area contributed by atoms with Crippen LogP contribution >= 0.6 is 12.4 Å². The zero-order chi connectivity index (χ0) is 16.3. The molecule has 2 atom stereocenters. The van der Waals surface area contributed by atoms with Crippen molar-refractivity contribution in [1.29, 1.82) is 0 Å². The highest BCUT2D eigenvalue weighted by atomic mass is 35.5. The van der Waals surface area contributed by atoms with Crippen LogP contribution in [-0.2, 0) is 4.79 Å². The zero-order valence-corrected chi connectivity index (χ0v) is 14.4. The smallest absolute Gasteiger partial charge is 0.251 e. The van der Waals surface area contributed by atoms with E-state index in [1.54, 1.807) is 12.1 Å². The van der Waals surface area contributed by atoms with Gasteiger partial charge in [-0.15, -0.1) is 12.4 Å². The van der Waals surface area contributed by atoms with E-state index in [0.29, 0.717) is 24.2 Å². The average molecular weight is 342 g/mol. The summed E-state index contributed by atoms with van der Waals surface area (Å²) in [7, 11) is 0. The van der Waals surface area contributed by atoms with E-state index in [4.69, 9.17) is 0 Å². The number of carbonyl (C=O) groups is 2. The number of anilines is 1. The summed E-state index contributed by atoms with van der Waals surface area (Å²) in [6.45, 7) is 6.08. The summed E-state index contributed by atoms with van der Waals surface area (Å²) in [6, 6.07) is 4.90. The molecule has 0 bridgehead atoms. The molecule has 1 aliphatic heterocycles. The molecule has 1 fully saturated rings. The van der Waals surface area contributed by atoms with Crippen LogP contribution in [0, 0.1) is 6.92 Å². The SMILES string of the molecule is Cc1ccc(NC(=O)C2CC(O)CN2)cc1C(=O)NC(C)C.Cl. The number of halogens is 1. The predicted molar refractivity (Wildman–Crippen MR) is 92.1 cm³/mol. The van der Waals surface area contributed by atoms with E-state index in [2.05, 4.69) is 16.0 Å². The highest BCUT2D eigenvalue weighted by Crippen LogP contribution is 2.17. The Kier molecular flexibility index (Phi) is 7.00. The van der Waals surface area contributed by atoms with Crippen LogP contribution in [0.15, 0.2) is 18.2 Å². The number of aliphatic hydroxyl groups excluding tert-OH is 1. The van der Waals surface area contributed by atoms with Gasteiger partial charge in [-0.25, -0.2) is 0 Å². The van der Waals surface area contributed by atoms with Crippen molar-refractivity contribution in [3.63, 3.8) is 0 Å². The molecule has 1 aromatic carbocycles. The lowest BCUT2D eigenvalue weighted by Gasteiger charge is -2.14. The van der Waals surface area contributed by atoms with Crippen molar-refractivity contribution in [1.82, 2.24) is 10.6 Å². The molecule has 4 N–H and O–H groups in total. The summed E-state index contributed by atoms with van der Waals surface area (Å²) in [5, 5.41) is 18.0. The molecule has 6 nitrogen and oxygen atoms in total. The first-order chi connectivity index (χ1) is 10.4. The van der Waals surface area contributed by atoms with Crippen LogP contribution in [0.5, 0.6) is 0 Å². The molecule has 1 aliphatic rings. The van der Waals surface area contributed by atoms with Crippen molar-refractivity contribution in [2.45, 2.75) is 45.4 Å². The summed E-state index contributed by atoms with van der Waals surface area (Å²) in [5.41, 5.74) is 1.98. The van der Waals surface area contributed by atoms with Gasteiger partial charge in [0.25, 0.3) is 5.91 Å². The van der Waals surface area contributed by atoms with Gasteiger partial charge in [0.05, 0.1) is 12.1 Å². The molecule has 1 saturated heterocycles. The van der Waals surface area contributed by atoms with Gasteiger partial charge in [-0.3, -0.25) is 9.59 Å². The van der Waals surface area contributed by atoms with Crippen molar-refractivity contribution < 1.29 is 14.7 Å². The van der Waals surface area contributed by atoms with Gasteiger partial charge in [0.1, 0.15) is 0 Å². The summed E-state index contributed by atoms with van der Waals surface area (Å²) in [4.78, 5) is 24.3. The summed E-state index contributed by atoms with van der Waals surface area (Å²) in [5.74, 6) is -0.353. The maximum absolute atomic E-state index is 12.1. The van der Waals surface area contributed by atoms with Gasteiger partial charge in [0.2, 0.25) is 5.91 Å². The Labute approximate surface area is 142 Å². The molecule has 2 rings (SSSR count). The number of β-amino-alcohol motifs (C(OH)–C–C–N with tert-alkyl or cyclic N) is 1. The first-order valence-corrected chi connectivity index (χ1v) is 7.50. The number of hydrogen-bond donors (Lipinski definition) is 4. The van der Waals surface area contributed by atoms with Crippen molar-refractivity contribution in [2.24, 2.45) is 0 Å². The fourth-order valence-electron chi connectivity index (χ4n) is 2.43. The maximum atomic E-state index is 12.1. The Morgan fingerprint density at radius 3 is 2.61 bits per heavy atom. The molecule has 2 unspecified atom stereocenters. The number of nitrogens with one attached hydrogen (secondary N) is 3. The van der Waals surface area contributed by atoms with Crippen LogP contribution in [0.25, 0.3) is 0 Å². The van der Waals surface area contributed by atoms with Crippen LogP contribution < -0.4 is 16.0 Å². The Balaban J connectivity index is 0.00000264. The Hall–Kier alpha value is -1.63. The lowest BCUT2D eigenvalue weighted by atomic mass is 10.1. The number of benzene rings is 1. The van der Waals surface area contributed by atoms with E-state index in [9.17, 15) is 14.7 Å². The maximum Gasteiger partial charge on any atom is 0.251 e. The summed E-state index contributed by atoms with van der Waals surface area (Å²) in [6.07, 6.45) is -0.0839. The first kappa shape index (κ1) is 19.4. The normalized spacial score (nSPS) is 20.0. The van der Waals surface area contributed by atoms with Crippen LogP contribution in [0.3, 0.4) is 0 Å². The third-order valence-electron chi connectivity index (χ3n) is 3.59. The Morgan fingerprint density at radius 2 is 2.04 bits per heavy atom. The van der Waals surface area contributed by atoms with E-state index >= 15 is 0 Å². The van der Waals surface area contributed by atoms with E-state index in [-0.39, 0.29) is 30.3 Å². The van der Waals surface area contributed by atoms with Gasteiger partial charge >= 0.3 is 0 Å². The second-order valence-corrected chi connectivity index (χ2v) is 6.00. The number of aliphatic hydroxyl groups is 1. The largest absolute Gasteiger partial charge is 0.392 e. The van der Waals surface area contributed by atoms with Gasteiger partial charge in [0, 0.05) is 23.8 Å². The van der Waals surface area contributed by atoms with E-state index < -0.39 is 12.1 Å². The third kappa shape index (κ3) is 5.20. The number of aryl methyl sites for hydroxylation is 1. The monoisotopic (exact) mass is 341 g/mol. The predicted octanol–water partition coefficient (Wildman–Crippen LogP) is 1.22. The second-order valence-electron chi connectivity index (χ2n) is 6.00. The molecular formula is C16H24ClN3O3. The minimum Gasteiger partial charge on any atom is -0.392 e. The Bertz CT molecular complexity index is 578. The molecular weight excluding hydrogens is 318 g/mol. The van der Waals surface area contributed by atoms with Crippen LogP contribution in [0.2, 0.25) is 0 Å². The molecule has 0 spiro atoms. The van der Waals surface area contributed by atoms with Crippen molar-refractivity contribution >= 4 is 29.9 Å². The lowest BCUT2D eigenvalue weighted by molar-refractivity contribution is -0.117. The molecule has 1 heterocycles. The zero-order valence-electron chi connectivity index (χ0n) is 13.6. The number of rotatable bonds is 4. The van der Waals surface area contributed by atoms with Gasteiger partial charge in [0.15, 0.2) is 0 Å². The van der Waals surface area contributed by atoms with Crippen LogP contribution in [-0.4, -0.2) is 41.7 Å². The molecule has 0 saturated carbocycles. The third-order valence-corrected chi connectivity index (χ3v) is 3.59. The minimum atomic E-state index is -0.485. The lowest BCUT2D eigenvalue weighted by Crippen LogP contribution is -2.35. The molecule has 23 heavy (non-hydrogen) atoms. The molecule has 7 heteroatoms. The van der Waals surface area contributed by atoms with Crippen molar-refractivity contribution in [2.75, 3.05) is 11.9 Å². The van der Waals surface area contributed by atoms with E-state index in [1.807, 2.05) is 26.8 Å². The number of amides is 2. The van der Waals surface area contributed by atoms with E-state index in [0.717, 1.165) is 5.56 Å². The number of carbonyl (C=O) groups excluding carboxylic acids is 2. The molecule has 0 aromatic heterocycles. The van der Waals surface area contributed by atoms with Gasteiger partial charge in [-0.2, -0.15) is 0 Å². The van der Waals surface area contributed by atoms with Gasteiger partial charge in [-0.05, 0) is 44.9 Å². The van der Waals surface area contributed by atoms with Crippen LogP contribution in [0.1, 0.15) is 36.2 Å². The minimum absolute atomic E-state index is 0. The highest BCUT2D eigenvalue weighted by Gasteiger charge is 2.28. The highest BCUT2D eigenvalue weighted by molar-refractivity contribution is 5.99. The first-order valence-electron chi connectivity index (χ1n) is 7.50. The fraction of sp³-hybridized carbons (Fsp3) is 0.500. The van der Waals surface area contributed by atoms with Crippen molar-refractivity contribution in [3.8, 4) is 0 Å². The molecule has 128 valence electrons. The topological polar surface area (TPSA) is 90.5 Å². The second kappa shape index (κ2) is 8.29. The van der Waals surface area contributed by atoms with Gasteiger partial charge in [-0.1, -0.05) is 6.07 Å². The quantitative estimate of drug-likeness (QED) is 0.662. The summed E-state index contributed by atoms with van der Waals surface area (Å²) >= 11 is 0. The standard InChI is InChI=1S/C16H23N3O3.ClH/c1-9(2)18-15(21)13-6-11(5-4-10(13)3)19-16(22)14-7-12(20)8-17-14;/h4-6,9,12,14,17,20H,7-8H2,1-3H3,(H,18,21)(H,19,22);1H. The Morgan fingerprint density at radius 1 is 1.35 bits per heavy atom. The molecule has 2 amide bonds.